The molecular weight excluding hydrogens is 446 g/mol. The van der Waals surface area contributed by atoms with Gasteiger partial charge in [-0.2, -0.15) is 0 Å². The molecule has 3 aromatic carbocycles. The Hall–Kier alpha value is -4.19. The van der Waals surface area contributed by atoms with Crippen molar-refractivity contribution in [3.05, 3.63) is 106 Å². The Bertz CT molecular complexity index is 1470. The van der Waals surface area contributed by atoms with E-state index in [1.165, 1.54) is 16.7 Å². The van der Waals surface area contributed by atoms with Crippen LogP contribution in [0.3, 0.4) is 0 Å². The molecule has 5 rings (SSSR count). The van der Waals surface area contributed by atoms with Gasteiger partial charge in [0.1, 0.15) is 12.2 Å². The van der Waals surface area contributed by atoms with Gasteiger partial charge in [0.05, 0.1) is 6.54 Å². The van der Waals surface area contributed by atoms with E-state index < -0.39 is 0 Å². The summed E-state index contributed by atoms with van der Waals surface area (Å²) in [4.78, 5) is 30.8. The van der Waals surface area contributed by atoms with Crippen molar-refractivity contribution in [3.8, 4) is 11.4 Å². The fourth-order valence-corrected chi connectivity index (χ4v) is 4.33. The van der Waals surface area contributed by atoms with E-state index in [2.05, 4.69) is 59.2 Å². The summed E-state index contributed by atoms with van der Waals surface area (Å²) in [5, 5.41) is 3.05. The van der Waals surface area contributed by atoms with Gasteiger partial charge in [-0.05, 0) is 58.4 Å². The molecule has 36 heavy (non-hydrogen) atoms. The van der Waals surface area contributed by atoms with Crippen molar-refractivity contribution in [1.29, 1.82) is 0 Å². The first kappa shape index (κ1) is 23.5. The average Bonchev–Trinajstić information content (AvgIpc) is 3.33. The number of carbonyl (C=O) groups excluding carboxylic acids is 1. The zero-order valence-corrected chi connectivity index (χ0v) is 21.0. The Morgan fingerprint density at radius 3 is 2.58 bits per heavy atom. The van der Waals surface area contributed by atoms with Crippen molar-refractivity contribution in [3.63, 3.8) is 0 Å². The molecule has 0 saturated heterocycles. The number of nitrogens with zero attached hydrogens (tertiary/aromatic N) is 4. The quantitative estimate of drug-likeness (QED) is 0.389. The number of benzene rings is 3. The van der Waals surface area contributed by atoms with Gasteiger partial charge in [0, 0.05) is 29.4 Å². The van der Waals surface area contributed by atoms with E-state index in [1.54, 1.807) is 6.33 Å². The van der Waals surface area contributed by atoms with Crippen LogP contribution < -0.4 is 5.32 Å². The van der Waals surface area contributed by atoms with Crippen molar-refractivity contribution >= 4 is 17.8 Å². The van der Waals surface area contributed by atoms with Crippen LogP contribution in [0.4, 0.5) is 5.69 Å². The molecule has 1 amide bonds. The van der Waals surface area contributed by atoms with Crippen molar-refractivity contribution in [2.75, 3.05) is 5.32 Å². The molecule has 0 bridgehead atoms. The second kappa shape index (κ2) is 9.46. The minimum atomic E-state index is -0.146. The summed E-state index contributed by atoms with van der Waals surface area (Å²) in [6, 6.07) is 19.9. The molecule has 0 atom stereocenters. The summed E-state index contributed by atoms with van der Waals surface area (Å²) in [6.45, 7) is 9.17. The molecule has 2 heterocycles. The predicted octanol–water partition coefficient (Wildman–Crippen LogP) is 5.92. The lowest BCUT2D eigenvalue weighted by Crippen LogP contribution is -2.15. The Labute approximate surface area is 211 Å². The Morgan fingerprint density at radius 2 is 1.81 bits per heavy atom. The maximum atomic E-state index is 13.0. The molecule has 6 heteroatoms. The third-order valence-corrected chi connectivity index (χ3v) is 6.52. The van der Waals surface area contributed by atoms with Gasteiger partial charge in [0.15, 0.2) is 5.82 Å². The maximum absolute atomic E-state index is 13.0. The molecule has 0 radical (unpaired) electrons. The molecule has 0 unspecified atom stereocenters. The van der Waals surface area contributed by atoms with Crippen LogP contribution in [0.25, 0.3) is 11.4 Å². The normalized spacial score (nSPS) is 12.4. The number of carbonyl (C=O) groups is 1. The lowest BCUT2D eigenvalue weighted by Gasteiger charge is -2.19. The van der Waals surface area contributed by atoms with Gasteiger partial charge in [0.2, 0.25) is 0 Å². The first-order valence-electron chi connectivity index (χ1n) is 12.1. The van der Waals surface area contributed by atoms with E-state index in [0.717, 1.165) is 28.9 Å². The molecule has 6 nitrogen and oxygen atoms in total. The van der Waals surface area contributed by atoms with E-state index in [0.29, 0.717) is 23.6 Å². The van der Waals surface area contributed by atoms with Crippen LogP contribution in [0.1, 0.15) is 64.8 Å². The number of fused-ring (bicyclic) bond motifs is 1. The number of amides is 1. The van der Waals surface area contributed by atoms with E-state index in [9.17, 15) is 4.79 Å². The highest BCUT2D eigenvalue weighted by Crippen LogP contribution is 2.27. The molecule has 1 aliphatic rings. The molecule has 4 aromatic rings. The molecule has 0 fully saturated rings. The lowest BCUT2D eigenvalue weighted by atomic mass is 9.86. The molecular formula is C30H29N5O. The molecule has 0 aliphatic carbocycles. The van der Waals surface area contributed by atoms with Crippen molar-refractivity contribution in [2.45, 2.75) is 46.1 Å². The minimum Gasteiger partial charge on any atom is -0.322 e. The van der Waals surface area contributed by atoms with Crippen molar-refractivity contribution < 1.29 is 4.79 Å². The second-order valence-electron chi connectivity index (χ2n) is 10.2. The second-order valence-corrected chi connectivity index (χ2v) is 10.2. The molecule has 180 valence electrons. The minimum absolute atomic E-state index is 0.0400. The monoisotopic (exact) mass is 475 g/mol. The maximum Gasteiger partial charge on any atom is 0.255 e. The molecule has 1 N–H and O–H groups in total. The number of aromatic nitrogens is 3. The zero-order valence-electron chi connectivity index (χ0n) is 21.0. The number of anilines is 1. The van der Waals surface area contributed by atoms with Gasteiger partial charge < -0.3 is 5.32 Å². The summed E-state index contributed by atoms with van der Waals surface area (Å²) in [6.07, 6.45) is 4.08. The third kappa shape index (κ3) is 4.93. The predicted molar refractivity (Wildman–Crippen MR) is 144 cm³/mol. The summed E-state index contributed by atoms with van der Waals surface area (Å²) in [5.41, 5.74) is 7.91. The van der Waals surface area contributed by atoms with Crippen LogP contribution >= 0.6 is 0 Å². The summed E-state index contributed by atoms with van der Waals surface area (Å²) < 4.78 is 0. The van der Waals surface area contributed by atoms with E-state index in [4.69, 9.17) is 4.98 Å². The number of aliphatic imine (C=N–C) groups is 1. The van der Waals surface area contributed by atoms with Gasteiger partial charge >= 0.3 is 0 Å². The number of rotatable bonds is 5. The molecule has 1 aliphatic heterocycles. The Balaban J connectivity index is 1.35. The van der Waals surface area contributed by atoms with Gasteiger partial charge in [-0.1, -0.05) is 63.2 Å². The summed E-state index contributed by atoms with van der Waals surface area (Å²) >= 11 is 0. The van der Waals surface area contributed by atoms with E-state index in [1.807, 2.05) is 55.6 Å². The molecule has 0 spiro atoms. The lowest BCUT2D eigenvalue weighted by molar-refractivity contribution is 0.102. The first-order chi connectivity index (χ1) is 17.3. The van der Waals surface area contributed by atoms with Gasteiger partial charge in [0.25, 0.3) is 5.91 Å². The van der Waals surface area contributed by atoms with Gasteiger partial charge in [-0.3, -0.25) is 9.79 Å². The summed E-state index contributed by atoms with van der Waals surface area (Å²) in [7, 11) is 0. The number of hydrogen-bond acceptors (Lipinski definition) is 5. The van der Waals surface area contributed by atoms with E-state index in [-0.39, 0.29) is 11.3 Å². The first-order valence-corrected chi connectivity index (χ1v) is 12.1. The van der Waals surface area contributed by atoms with Crippen LogP contribution in [0.2, 0.25) is 0 Å². The van der Waals surface area contributed by atoms with Crippen LogP contribution in [0.15, 0.2) is 72.0 Å². The molecule has 0 saturated carbocycles. The SMILES string of the molecule is Cc1c(NC(=O)c2ccc(C(C)(C)C)cc2)cccc1-c1ncnc(Cc2ccc3c(c2)CN=C3)n1. The van der Waals surface area contributed by atoms with Crippen LogP contribution in [0.5, 0.6) is 0 Å². The van der Waals surface area contributed by atoms with Crippen LogP contribution in [-0.2, 0) is 18.4 Å². The third-order valence-electron chi connectivity index (χ3n) is 6.52. The number of hydrogen-bond donors (Lipinski definition) is 1. The van der Waals surface area contributed by atoms with Crippen molar-refractivity contribution in [1.82, 2.24) is 15.0 Å². The van der Waals surface area contributed by atoms with Gasteiger partial charge in [-0.25, -0.2) is 15.0 Å². The highest BCUT2D eigenvalue weighted by molar-refractivity contribution is 6.05. The zero-order chi connectivity index (χ0) is 25.3. The topological polar surface area (TPSA) is 80.1 Å². The van der Waals surface area contributed by atoms with E-state index >= 15 is 0 Å². The number of nitrogens with one attached hydrogen (secondary N) is 1. The van der Waals surface area contributed by atoms with Crippen LogP contribution in [0, 0.1) is 6.92 Å². The van der Waals surface area contributed by atoms with Gasteiger partial charge in [-0.15, -0.1) is 0 Å². The summed E-state index contributed by atoms with van der Waals surface area (Å²) in [5.74, 6) is 1.15. The largest absolute Gasteiger partial charge is 0.322 e. The van der Waals surface area contributed by atoms with Crippen molar-refractivity contribution in [2.24, 2.45) is 4.99 Å². The highest BCUT2D eigenvalue weighted by Gasteiger charge is 2.16. The average molecular weight is 476 g/mol. The standard InChI is InChI=1S/C30H29N5O/c1-19-25(6-5-7-26(19)34-29(36)21-10-12-24(13-11-21)30(2,3)4)28-33-18-32-27(35-28)15-20-8-9-22-16-31-17-23(22)14-20/h5-14,16,18H,15,17H2,1-4H3,(H,34,36). The molecule has 1 aromatic heterocycles. The fourth-order valence-electron chi connectivity index (χ4n) is 4.33. The highest BCUT2D eigenvalue weighted by atomic mass is 16.1. The van der Waals surface area contributed by atoms with Crippen LogP contribution in [-0.4, -0.2) is 27.1 Å². The Morgan fingerprint density at radius 1 is 1.00 bits per heavy atom. The smallest absolute Gasteiger partial charge is 0.255 e. The fraction of sp³-hybridized carbons (Fsp3) is 0.233. The Kier molecular flexibility index (Phi) is 6.18.